The molecule has 3 aliphatic carbocycles. The number of aromatic hydroxyl groups is 6. The number of hydrogen-bond acceptors (Lipinski definition) is 19. The summed E-state index contributed by atoms with van der Waals surface area (Å²) in [5, 5.41) is 93.8. The quantitative estimate of drug-likeness (QED) is 0.0773. The van der Waals surface area contributed by atoms with Crippen molar-refractivity contribution in [2.24, 2.45) is 11.3 Å². The highest BCUT2D eigenvalue weighted by molar-refractivity contribution is 5.92. The molecule has 19 heteroatoms. The van der Waals surface area contributed by atoms with Crippen molar-refractivity contribution < 1.29 is 93.5 Å². The van der Waals surface area contributed by atoms with Crippen LogP contribution in [0.5, 0.6) is 34.5 Å². The number of hydrogen-bond donors (Lipinski definition) is 9. The molecule has 10 rings (SSSR count). The van der Waals surface area contributed by atoms with Crippen molar-refractivity contribution in [1.82, 2.24) is 0 Å². The topological polar surface area (TPSA) is 298 Å². The Labute approximate surface area is 315 Å². The first-order valence-corrected chi connectivity index (χ1v) is 17.3. The monoisotopic (exact) mass is 784 g/mol. The number of aliphatic hydroxyl groups excluding tert-OH is 2. The molecule has 7 aliphatic rings. The van der Waals surface area contributed by atoms with Gasteiger partial charge in [0.15, 0.2) is 59.0 Å². The number of aliphatic hydroxyl groups is 3. The largest absolute Gasteiger partial charge is 0.504 e. The van der Waals surface area contributed by atoms with Gasteiger partial charge >= 0.3 is 17.9 Å². The van der Waals surface area contributed by atoms with Gasteiger partial charge < -0.3 is 79.1 Å². The molecule has 0 aromatic heterocycles. The lowest BCUT2D eigenvalue weighted by molar-refractivity contribution is -0.424. The van der Waals surface area contributed by atoms with E-state index in [-0.39, 0.29) is 25.0 Å². The number of ether oxygens (including phenoxy) is 7. The maximum Gasteiger partial charge on any atom is 0.338 e. The molecular formula is C37H36O19. The Hall–Kier alpha value is -5.41. The molecule has 4 heterocycles. The summed E-state index contributed by atoms with van der Waals surface area (Å²) < 4.78 is 41.4. The van der Waals surface area contributed by atoms with Gasteiger partial charge in [-0.15, -0.1) is 0 Å². The van der Waals surface area contributed by atoms with Crippen molar-refractivity contribution in [3.05, 3.63) is 71.3 Å². The standard InChI is InChI=1S/C37H36O19/c1-34-13-36(49)23-11-37(34,35(23,33(55-34)56-36)14-51-29(46)15-5-3-2-4-6-15)54-32-27(45)28(53-31(48)17-9-20(40)25(43)21(41)10-17)26(44)22(52-32)12-50-30(47)16-7-18(38)24(42)19(39)8-16/h2-10,22-23,26-28,32-33,38-45,49H,11-14H2,1H3/t22-,23-,26-,27-,28+,32+,33-,34+,35+,36-,37+/m1/s1. The highest BCUT2D eigenvalue weighted by Gasteiger charge is 2.94. The summed E-state index contributed by atoms with van der Waals surface area (Å²) in [5.41, 5.74) is -4.92. The smallest absolute Gasteiger partial charge is 0.338 e. The van der Waals surface area contributed by atoms with E-state index < -0.39 is 135 Å². The maximum absolute atomic E-state index is 13.3. The Bertz CT molecular complexity index is 2060. The van der Waals surface area contributed by atoms with Crippen LogP contribution in [0.2, 0.25) is 0 Å². The Morgan fingerprint density at radius 2 is 1.34 bits per heavy atom. The van der Waals surface area contributed by atoms with Gasteiger partial charge in [0.2, 0.25) is 0 Å². The van der Waals surface area contributed by atoms with Crippen LogP contribution < -0.4 is 0 Å². The van der Waals surface area contributed by atoms with E-state index >= 15 is 0 Å². The molecular weight excluding hydrogens is 748 g/mol. The molecule has 6 bridgehead atoms. The zero-order valence-corrected chi connectivity index (χ0v) is 29.2. The zero-order valence-electron chi connectivity index (χ0n) is 29.2. The molecule has 19 nitrogen and oxygen atoms in total. The molecule has 3 aromatic carbocycles. The summed E-state index contributed by atoms with van der Waals surface area (Å²) in [5.74, 6) is -10.8. The van der Waals surface area contributed by atoms with Crippen molar-refractivity contribution in [3.8, 4) is 34.5 Å². The predicted octanol–water partition coefficient (Wildman–Crippen LogP) is 0.605. The van der Waals surface area contributed by atoms with Crippen molar-refractivity contribution >= 4 is 17.9 Å². The number of esters is 3. The lowest BCUT2D eigenvalue weighted by Gasteiger charge is -2.67. The van der Waals surface area contributed by atoms with Crippen LogP contribution in [0.25, 0.3) is 0 Å². The summed E-state index contributed by atoms with van der Waals surface area (Å²) in [6, 6.07) is 11.2. The van der Waals surface area contributed by atoms with Gasteiger partial charge in [0.25, 0.3) is 0 Å². The molecule has 0 unspecified atom stereocenters. The number of phenolic OH excluding ortho intramolecular Hbond substituents is 6. The van der Waals surface area contributed by atoms with Crippen LogP contribution >= 0.6 is 0 Å². The van der Waals surface area contributed by atoms with Gasteiger partial charge in [0.1, 0.15) is 42.7 Å². The van der Waals surface area contributed by atoms with Gasteiger partial charge in [0, 0.05) is 12.3 Å². The van der Waals surface area contributed by atoms with E-state index in [1.54, 1.807) is 37.3 Å². The van der Waals surface area contributed by atoms with Crippen LogP contribution in [0.1, 0.15) is 50.8 Å². The van der Waals surface area contributed by atoms with Crippen LogP contribution in [0.3, 0.4) is 0 Å². The average molecular weight is 785 g/mol. The molecule has 3 saturated carbocycles. The molecule has 3 aromatic rings. The molecule has 11 atom stereocenters. The summed E-state index contributed by atoms with van der Waals surface area (Å²) >= 11 is 0. The Morgan fingerprint density at radius 1 is 0.768 bits per heavy atom. The number of carbonyl (C=O) groups is 3. The molecule has 4 aliphatic heterocycles. The average Bonchev–Trinajstić information content (AvgIpc) is 3.35. The van der Waals surface area contributed by atoms with Crippen LogP contribution in [0.15, 0.2) is 54.6 Å². The van der Waals surface area contributed by atoms with Crippen molar-refractivity contribution in [1.29, 1.82) is 0 Å². The van der Waals surface area contributed by atoms with E-state index in [2.05, 4.69) is 0 Å². The molecule has 0 spiro atoms. The third-order valence-corrected chi connectivity index (χ3v) is 11.6. The molecule has 4 saturated heterocycles. The minimum atomic E-state index is -2.02. The van der Waals surface area contributed by atoms with Crippen molar-refractivity contribution in [2.45, 2.75) is 73.8 Å². The first-order valence-electron chi connectivity index (χ1n) is 17.3. The minimum absolute atomic E-state index is 0.0402. The van der Waals surface area contributed by atoms with E-state index in [1.165, 1.54) is 0 Å². The fraction of sp³-hybridized carbons (Fsp3) is 0.432. The van der Waals surface area contributed by atoms with Crippen LogP contribution in [-0.4, -0.2) is 131 Å². The number of rotatable bonds is 10. The summed E-state index contributed by atoms with van der Waals surface area (Å²) in [4.78, 5) is 39.4. The zero-order chi connectivity index (χ0) is 40.1. The molecule has 9 N–H and O–H groups in total. The van der Waals surface area contributed by atoms with Gasteiger partial charge in [-0.05, 0) is 49.7 Å². The SMILES string of the molecule is C[C@@]12C[C@@]3(O)O[C@@H](O1)[C@]1(COC(=O)c4ccccc4)[C@H]3C[C@@]12O[C@@H]1O[C@H](COC(=O)c2cc(O)c(O)c(O)c2)[C@@H](O)[C@H](OC(=O)c2cc(O)c(O)c(O)c2)[C@H]1O. The molecule has 0 amide bonds. The van der Waals surface area contributed by atoms with Crippen LogP contribution in [0, 0.1) is 11.3 Å². The van der Waals surface area contributed by atoms with Gasteiger partial charge in [-0.25, -0.2) is 14.4 Å². The first kappa shape index (κ1) is 37.5. The van der Waals surface area contributed by atoms with Crippen LogP contribution in [0.4, 0.5) is 0 Å². The summed E-state index contributed by atoms with van der Waals surface area (Å²) in [6.07, 6.45) is -10.6. The normalized spacial score (nSPS) is 36.1. The van der Waals surface area contributed by atoms with Gasteiger partial charge in [-0.1, -0.05) is 18.2 Å². The van der Waals surface area contributed by atoms with Crippen molar-refractivity contribution in [3.63, 3.8) is 0 Å². The lowest BCUT2D eigenvalue weighted by Crippen LogP contribution is -2.80. The van der Waals surface area contributed by atoms with E-state index in [4.69, 9.17) is 33.2 Å². The van der Waals surface area contributed by atoms with Crippen molar-refractivity contribution in [2.75, 3.05) is 13.2 Å². The molecule has 0 radical (unpaired) electrons. The number of carbonyl (C=O) groups excluding carboxylic acids is 3. The van der Waals surface area contributed by atoms with E-state index in [9.17, 15) is 60.3 Å². The second-order valence-corrected chi connectivity index (χ2v) is 14.7. The Kier molecular flexibility index (Phi) is 8.58. The highest BCUT2D eigenvalue weighted by Crippen LogP contribution is 2.81. The van der Waals surface area contributed by atoms with Gasteiger partial charge in [-0.3, -0.25) is 0 Å². The fourth-order valence-corrected chi connectivity index (χ4v) is 8.86. The summed E-state index contributed by atoms with van der Waals surface area (Å²) in [7, 11) is 0. The van der Waals surface area contributed by atoms with E-state index in [1.807, 2.05) is 0 Å². The number of benzene rings is 3. The molecule has 56 heavy (non-hydrogen) atoms. The third kappa shape index (κ3) is 5.34. The van der Waals surface area contributed by atoms with Gasteiger partial charge in [-0.2, -0.15) is 0 Å². The molecule has 7 fully saturated rings. The highest BCUT2D eigenvalue weighted by atomic mass is 16.8. The van der Waals surface area contributed by atoms with E-state index in [0.717, 1.165) is 24.3 Å². The predicted molar refractivity (Wildman–Crippen MR) is 178 cm³/mol. The van der Waals surface area contributed by atoms with Crippen LogP contribution in [-0.2, 0) is 33.2 Å². The second kappa shape index (κ2) is 12.8. The Balaban J connectivity index is 1.10. The summed E-state index contributed by atoms with van der Waals surface area (Å²) in [6.45, 7) is 0.439. The van der Waals surface area contributed by atoms with Gasteiger partial charge in [0.05, 0.1) is 22.1 Å². The first-order chi connectivity index (χ1) is 26.4. The van der Waals surface area contributed by atoms with E-state index in [0.29, 0.717) is 0 Å². The second-order valence-electron chi connectivity index (χ2n) is 14.7. The fourth-order valence-electron chi connectivity index (χ4n) is 8.86. The lowest BCUT2D eigenvalue weighted by atomic mass is 9.41. The minimum Gasteiger partial charge on any atom is -0.504 e. The molecule has 298 valence electrons. The Morgan fingerprint density at radius 3 is 1.95 bits per heavy atom. The number of phenols is 6. The maximum atomic E-state index is 13.3. The third-order valence-electron chi connectivity index (χ3n) is 11.6.